The van der Waals surface area contributed by atoms with Gasteiger partial charge in [-0.1, -0.05) is 12.1 Å². The molecule has 2 rings (SSSR count). The van der Waals surface area contributed by atoms with Crippen LogP contribution in [0.15, 0.2) is 29.3 Å². The minimum Gasteiger partial charge on any atom is -0.480 e. The monoisotopic (exact) mass is 405 g/mol. The number of amides is 2. The van der Waals surface area contributed by atoms with Crippen molar-refractivity contribution in [3.05, 3.63) is 35.4 Å². The Kier molecular flexibility index (Phi) is 7.96. The summed E-state index contributed by atoms with van der Waals surface area (Å²) in [6, 6.07) is 6.11. The molecule has 0 radical (unpaired) electrons. The summed E-state index contributed by atoms with van der Waals surface area (Å²) in [5.74, 6) is -1.54. The second-order valence-corrected chi connectivity index (χ2v) is 6.86. The van der Waals surface area contributed by atoms with Crippen LogP contribution in [0, 0.1) is 0 Å². The van der Waals surface area contributed by atoms with Crippen LogP contribution in [0.25, 0.3) is 0 Å². The number of ether oxygens (including phenoxy) is 1. The van der Waals surface area contributed by atoms with Gasteiger partial charge in [0, 0.05) is 18.7 Å². The molecule has 0 bridgehead atoms. The minimum atomic E-state index is -1.01. The molecular weight excluding hydrogens is 378 g/mol. The Morgan fingerprint density at radius 2 is 1.86 bits per heavy atom. The summed E-state index contributed by atoms with van der Waals surface area (Å²) in [5.41, 5.74) is 11.9. The fraction of sp³-hybridized carbons (Fsp3) is 0.474. The van der Waals surface area contributed by atoms with Crippen molar-refractivity contribution >= 4 is 23.7 Å². The highest BCUT2D eigenvalue weighted by Gasteiger charge is 2.27. The van der Waals surface area contributed by atoms with Crippen LogP contribution < -0.4 is 16.8 Å². The van der Waals surface area contributed by atoms with Gasteiger partial charge in [-0.05, 0) is 37.5 Å². The predicted molar refractivity (Wildman–Crippen MR) is 106 cm³/mol. The predicted octanol–water partition coefficient (Wildman–Crippen LogP) is -0.329. The average Bonchev–Trinajstić information content (AvgIpc) is 2.70. The molecule has 10 nitrogen and oxygen atoms in total. The van der Waals surface area contributed by atoms with Crippen molar-refractivity contribution in [2.24, 2.45) is 16.5 Å². The zero-order valence-electron chi connectivity index (χ0n) is 16.3. The molecule has 1 aromatic rings. The number of hydrogen-bond acceptors (Lipinski definition) is 5. The van der Waals surface area contributed by atoms with Crippen molar-refractivity contribution in [3.8, 4) is 0 Å². The maximum atomic E-state index is 12.6. The van der Waals surface area contributed by atoms with Crippen LogP contribution >= 0.6 is 0 Å². The third-order valence-electron chi connectivity index (χ3n) is 4.57. The van der Waals surface area contributed by atoms with E-state index >= 15 is 0 Å². The first-order valence-electron chi connectivity index (χ1n) is 9.33. The number of rotatable bonds is 8. The van der Waals surface area contributed by atoms with E-state index in [9.17, 15) is 14.4 Å². The van der Waals surface area contributed by atoms with Crippen LogP contribution in [0.3, 0.4) is 0 Å². The van der Waals surface area contributed by atoms with Crippen molar-refractivity contribution in [1.82, 2.24) is 10.2 Å². The highest BCUT2D eigenvalue weighted by Crippen LogP contribution is 2.15. The number of piperidine rings is 1. The van der Waals surface area contributed by atoms with Crippen LogP contribution in [0.2, 0.25) is 0 Å². The molecule has 1 aromatic carbocycles. The quantitative estimate of drug-likeness (QED) is 0.340. The third kappa shape index (κ3) is 7.07. The van der Waals surface area contributed by atoms with Crippen molar-refractivity contribution in [2.45, 2.75) is 38.5 Å². The van der Waals surface area contributed by atoms with Gasteiger partial charge in [-0.15, -0.1) is 0 Å². The zero-order chi connectivity index (χ0) is 21.4. The molecule has 0 aliphatic carbocycles. The van der Waals surface area contributed by atoms with E-state index in [4.69, 9.17) is 21.3 Å². The lowest BCUT2D eigenvalue weighted by atomic mass is 10.1. The number of nitrogens with two attached hydrogens (primary N) is 2. The van der Waals surface area contributed by atoms with E-state index < -0.39 is 12.0 Å². The minimum absolute atomic E-state index is 0.00311. The number of carboxylic acids is 1. The molecule has 1 atom stereocenters. The summed E-state index contributed by atoms with van der Waals surface area (Å²) in [4.78, 5) is 41.1. The van der Waals surface area contributed by atoms with Crippen molar-refractivity contribution in [3.63, 3.8) is 0 Å². The van der Waals surface area contributed by atoms with Gasteiger partial charge in [0.05, 0.1) is 12.6 Å². The fourth-order valence-electron chi connectivity index (χ4n) is 2.99. The van der Waals surface area contributed by atoms with E-state index in [-0.39, 0.29) is 30.5 Å². The van der Waals surface area contributed by atoms with E-state index in [1.54, 1.807) is 36.1 Å². The first-order chi connectivity index (χ1) is 13.8. The van der Waals surface area contributed by atoms with Crippen molar-refractivity contribution in [2.75, 3.05) is 19.7 Å². The number of nitrogens with zero attached hydrogens (tertiary/aromatic N) is 2. The highest BCUT2D eigenvalue weighted by molar-refractivity contribution is 5.97. The number of guanidine groups is 1. The summed E-state index contributed by atoms with van der Waals surface area (Å²) in [6.07, 6.45) is 0.964. The highest BCUT2D eigenvalue weighted by atomic mass is 16.5. The van der Waals surface area contributed by atoms with E-state index in [2.05, 4.69) is 10.3 Å². The summed E-state index contributed by atoms with van der Waals surface area (Å²) in [6.45, 7) is 2.55. The van der Waals surface area contributed by atoms with Gasteiger partial charge < -0.3 is 31.5 Å². The largest absolute Gasteiger partial charge is 0.480 e. The molecule has 0 spiro atoms. The molecule has 0 aromatic heterocycles. The van der Waals surface area contributed by atoms with Crippen molar-refractivity contribution in [1.29, 1.82) is 0 Å². The number of nitrogens with one attached hydrogen (secondary N) is 1. The van der Waals surface area contributed by atoms with Gasteiger partial charge in [0.15, 0.2) is 5.96 Å². The molecule has 1 aliphatic heterocycles. The van der Waals surface area contributed by atoms with Crippen LogP contribution in [0.5, 0.6) is 0 Å². The van der Waals surface area contributed by atoms with E-state index in [1.165, 1.54) is 0 Å². The van der Waals surface area contributed by atoms with Gasteiger partial charge >= 0.3 is 5.97 Å². The molecule has 29 heavy (non-hydrogen) atoms. The normalized spacial score (nSPS) is 15.4. The Bertz CT molecular complexity index is 753. The van der Waals surface area contributed by atoms with E-state index in [0.717, 1.165) is 5.56 Å². The Morgan fingerprint density at radius 1 is 1.24 bits per heavy atom. The van der Waals surface area contributed by atoms with E-state index in [1.807, 2.05) is 0 Å². The summed E-state index contributed by atoms with van der Waals surface area (Å²) in [7, 11) is 0. The lowest BCUT2D eigenvalue weighted by Gasteiger charge is -2.33. The Labute approximate surface area is 168 Å². The standard InChI is InChI=1S/C19H27N5O5/c1-12(18(28)24-8-6-15(7-9-24)29-11-16(25)26)23-17(27)14-4-2-13(3-5-14)10-22-19(20)21/h2-5,12,15H,6-11H2,1H3,(H,23,27)(H,25,26)(H4,20,21,22)/t12-/m0/s1. The lowest BCUT2D eigenvalue weighted by Crippen LogP contribution is -2.50. The summed E-state index contributed by atoms with van der Waals surface area (Å²) in [5, 5.41) is 11.4. The van der Waals surface area contributed by atoms with Crippen LogP contribution in [-0.4, -0.2) is 65.6 Å². The molecule has 0 saturated carbocycles. The van der Waals surface area contributed by atoms with Gasteiger partial charge in [-0.3, -0.25) is 9.59 Å². The zero-order valence-corrected chi connectivity index (χ0v) is 16.3. The topological polar surface area (TPSA) is 160 Å². The van der Waals surface area contributed by atoms with Gasteiger partial charge in [-0.25, -0.2) is 9.79 Å². The average molecular weight is 405 g/mol. The molecule has 1 saturated heterocycles. The Balaban J connectivity index is 1.82. The number of hydrogen-bond donors (Lipinski definition) is 4. The molecule has 1 heterocycles. The Morgan fingerprint density at radius 3 is 2.41 bits per heavy atom. The van der Waals surface area contributed by atoms with Crippen molar-refractivity contribution < 1.29 is 24.2 Å². The number of aliphatic carboxylic acids is 1. The number of carbonyl (C=O) groups is 3. The number of carbonyl (C=O) groups excluding carboxylic acids is 2. The molecule has 6 N–H and O–H groups in total. The smallest absolute Gasteiger partial charge is 0.329 e. The van der Waals surface area contributed by atoms with E-state index in [0.29, 0.717) is 38.0 Å². The molecular formula is C19H27N5O5. The molecule has 0 unspecified atom stereocenters. The molecule has 1 aliphatic rings. The summed E-state index contributed by atoms with van der Waals surface area (Å²) < 4.78 is 5.27. The van der Waals surface area contributed by atoms with Gasteiger partial charge in [0.2, 0.25) is 5.91 Å². The molecule has 10 heteroatoms. The number of carboxylic acid groups (broad SMARTS) is 1. The van der Waals surface area contributed by atoms with Gasteiger partial charge in [0.25, 0.3) is 5.91 Å². The molecule has 1 fully saturated rings. The SMILES string of the molecule is C[C@H](NC(=O)c1ccc(CN=C(N)N)cc1)C(=O)N1CCC(OCC(=O)O)CC1. The van der Waals surface area contributed by atoms with Gasteiger partial charge in [-0.2, -0.15) is 0 Å². The first kappa shape index (κ1) is 22.2. The second-order valence-electron chi connectivity index (χ2n) is 6.86. The number of likely N-dealkylation sites (tertiary alicyclic amines) is 1. The fourth-order valence-corrected chi connectivity index (χ4v) is 2.99. The van der Waals surface area contributed by atoms with Crippen LogP contribution in [0.1, 0.15) is 35.7 Å². The van der Waals surface area contributed by atoms with Gasteiger partial charge in [0.1, 0.15) is 12.6 Å². The number of benzene rings is 1. The Hall–Kier alpha value is -3.14. The maximum Gasteiger partial charge on any atom is 0.329 e. The molecule has 158 valence electrons. The third-order valence-corrected chi connectivity index (χ3v) is 4.57. The lowest BCUT2D eigenvalue weighted by molar-refractivity contribution is -0.147. The molecule has 2 amide bonds. The van der Waals surface area contributed by atoms with Crippen LogP contribution in [0.4, 0.5) is 0 Å². The number of aliphatic imine (C=N–C) groups is 1. The van der Waals surface area contributed by atoms with Crippen LogP contribution in [-0.2, 0) is 20.9 Å². The summed E-state index contributed by atoms with van der Waals surface area (Å²) >= 11 is 0. The first-order valence-corrected chi connectivity index (χ1v) is 9.33. The maximum absolute atomic E-state index is 12.6. The second kappa shape index (κ2) is 10.4.